The normalized spacial score (nSPS) is 11.7. The Hall–Kier alpha value is -2.80. The molecule has 0 aliphatic rings. The van der Waals surface area contributed by atoms with Gasteiger partial charge in [-0.2, -0.15) is 0 Å². The third-order valence-electron chi connectivity index (χ3n) is 4.12. The molecule has 0 saturated carbocycles. The number of benzene rings is 3. The lowest BCUT2D eigenvalue weighted by molar-refractivity contribution is 0.772. The first-order valence-corrected chi connectivity index (χ1v) is 7.92. The van der Waals surface area contributed by atoms with Crippen LogP contribution in [0.3, 0.4) is 0 Å². The number of hydrogen-bond acceptors (Lipinski definition) is 1. The van der Waals surface area contributed by atoms with E-state index < -0.39 is 0 Å². The quantitative estimate of drug-likeness (QED) is 0.540. The van der Waals surface area contributed by atoms with Crippen molar-refractivity contribution in [1.29, 1.82) is 0 Å². The molecule has 0 saturated heterocycles. The summed E-state index contributed by atoms with van der Waals surface area (Å²) in [7, 11) is 0. The molecule has 3 aromatic rings. The molecule has 0 bridgehead atoms. The molecule has 0 aliphatic heterocycles. The molecule has 3 rings (SSSR count). The SMILES string of the molecule is C=Cc1ccccc1C(C)N(c1ccccc1)c1ccccc1. The lowest BCUT2D eigenvalue weighted by atomic mass is 9.99. The first-order chi connectivity index (χ1) is 11.3. The molecule has 1 unspecified atom stereocenters. The average Bonchev–Trinajstić information content (AvgIpc) is 2.63. The molecule has 0 radical (unpaired) electrons. The number of rotatable bonds is 5. The first kappa shape index (κ1) is 15.1. The Morgan fingerprint density at radius 1 is 0.739 bits per heavy atom. The zero-order chi connectivity index (χ0) is 16.1. The van der Waals surface area contributed by atoms with E-state index in [0.717, 1.165) is 0 Å². The van der Waals surface area contributed by atoms with E-state index in [9.17, 15) is 0 Å². The number of nitrogens with zero attached hydrogens (tertiary/aromatic N) is 1. The molecular formula is C22H21N. The molecule has 0 aliphatic carbocycles. The van der Waals surface area contributed by atoms with Gasteiger partial charge in [-0.25, -0.2) is 0 Å². The Bertz CT molecular complexity index is 723. The van der Waals surface area contributed by atoms with Crippen molar-refractivity contribution in [3.8, 4) is 0 Å². The summed E-state index contributed by atoms with van der Waals surface area (Å²) >= 11 is 0. The van der Waals surface area contributed by atoms with Crippen LogP contribution in [0.15, 0.2) is 91.5 Å². The van der Waals surface area contributed by atoms with Gasteiger partial charge in [0.05, 0.1) is 6.04 Å². The van der Waals surface area contributed by atoms with Crippen molar-refractivity contribution in [3.63, 3.8) is 0 Å². The van der Waals surface area contributed by atoms with Crippen molar-refractivity contribution in [2.45, 2.75) is 13.0 Å². The van der Waals surface area contributed by atoms with E-state index in [2.05, 4.69) is 103 Å². The van der Waals surface area contributed by atoms with Crippen molar-refractivity contribution < 1.29 is 0 Å². The van der Waals surface area contributed by atoms with Gasteiger partial charge in [0.25, 0.3) is 0 Å². The third-order valence-corrected chi connectivity index (χ3v) is 4.12. The summed E-state index contributed by atoms with van der Waals surface area (Å²) in [6.07, 6.45) is 1.93. The topological polar surface area (TPSA) is 3.24 Å². The molecule has 1 atom stereocenters. The standard InChI is InChI=1S/C22H21N/c1-3-19-12-10-11-17-22(19)18(2)23(20-13-6-4-7-14-20)21-15-8-5-9-16-21/h3-18H,1H2,2H3. The van der Waals surface area contributed by atoms with Gasteiger partial charge in [0.1, 0.15) is 0 Å². The van der Waals surface area contributed by atoms with Crippen LogP contribution in [0.5, 0.6) is 0 Å². The van der Waals surface area contributed by atoms with E-state index in [1.807, 2.05) is 6.08 Å². The van der Waals surface area contributed by atoms with Crippen molar-refractivity contribution >= 4 is 17.5 Å². The maximum Gasteiger partial charge on any atom is 0.0569 e. The van der Waals surface area contributed by atoms with Crippen LogP contribution in [0.25, 0.3) is 6.08 Å². The highest BCUT2D eigenvalue weighted by Crippen LogP contribution is 2.35. The molecule has 0 heterocycles. The summed E-state index contributed by atoms with van der Waals surface area (Å²) in [6, 6.07) is 29.7. The molecule has 0 amide bonds. The van der Waals surface area contributed by atoms with Crippen LogP contribution in [0, 0.1) is 0 Å². The van der Waals surface area contributed by atoms with Gasteiger partial charge in [-0.3, -0.25) is 0 Å². The molecule has 114 valence electrons. The second-order valence-electron chi connectivity index (χ2n) is 5.55. The summed E-state index contributed by atoms with van der Waals surface area (Å²) in [4.78, 5) is 2.36. The van der Waals surface area contributed by atoms with E-state index in [1.165, 1.54) is 22.5 Å². The van der Waals surface area contributed by atoms with Crippen LogP contribution >= 0.6 is 0 Å². The van der Waals surface area contributed by atoms with Crippen LogP contribution in [0.1, 0.15) is 24.1 Å². The highest BCUT2D eigenvalue weighted by molar-refractivity contribution is 5.66. The van der Waals surface area contributed by atoms with Gasteiger partial charge >= 0.3 is 0 Å². The van der Waals surface area contributed by atoms with E-state index in [-0.39, 0.29) is 6.04 Å². The summed E-state index contributed by atoms with van der Waals surface area (Å²) in [5.41, 5.74) is 4.82. The van der Waals surface area contributed by atoms with Gasteiger partial charge in [-0.15, -0.1) is 0 Å². The molecule has 0 N–H and O–H groups in total. The predicted molar refractivity (Wildman–Crippen MR) is 100.0 cm³/mol. The summed E-state index contributed by atoms with van der Waals surface area (Å²) in [6.45, 7) is 6.20. The Balaban J connectivity index is 2.10. The lowest BCUT2D eigenvalue weighted by Gasteiger charge is -2.32. The van der Waals surface area contributed by atoms with Crippen LogP contribution in [0.2, 0.25) is 0 Å². The molecule has 0 aromatic heterocycles. The van der Waals surface area contributed by atoms with Crippen molar-refractivity contribution in [2.24, 2.45) is 0 Å². The molecule has 3 aromatic carbocycles. The fraction of sp³-hybridized carbons (Fsp3) is 0.0909. The van der Waals surface area contributed by atoms with Crippen molar-refractivity contribution in [2.75, 3.05) is 4.90 Å². The third kappa shape index (κ3) is 3.19. The van der Waals surface area contributed by atoms with Crippen LogP contribution in [-0.2, 0) is 0 Å². The monoisotopic (exact) mass is 299 g/mol. The second-order valence-corrected chi connectivity index (χ2v) is 5.55. The smallest absolute Gasteiger partial charge is 0.0569 e. The lowest BCUT2D eigenvalue weighted by Crippen LogP contribution is -2.22. The van der Waals surface area contributed by atoms with E-state index in [0.29, 0.717) is 0 Å². The second kappa shape index (κ2) is 6.97. The van der Waals surface area contributed by atoms with Crippen LogP contribution < -0.4 is 4.90 Å². The zero-order valence-electron chi connectivity index (χ0n) is 13.4. The molecule has 1 nitrogen and oxygen atoms in total. The Labute approximate surface area is 138 Å². The minimum atomic E-state index is 0.203. The highest BCUT2D eigenvalue weighted by Gasteiger charge is 2.19. The van der Waals surface area contributed by atoms with E-state index in [4.69, 9.17) is 0 Å². The Morgan fingerprint density at radius 3 is 1.74 bits per heavy atom. The van der Waals surface area contributed by atoms with Gasteiger partial charge in [-0.05, 0) is 42.3 Å². The maximum absolute atomic E-state index is 3.96. The van der Waals surface area contributed by atoms with Gasteiger partial charge in [0.15, 0.2) is 0 Å². The first-order valence-electron chi connectivity index (χ1n) is 7.92. The minimum Gasteiger partial charge on any atom is -0.334 e. The molecular weight excluding hydrogens is 278 g/mol. The van der Waals surface area contributed by atoms with Crippen LogP contribution in [0.4, 0.5) is 11.4 Å². The molecule has 1 heteroatoms. The number of para-hydroxylation sites is 2. The summed E-state index contributed by atoms with van der Waals surface area (Å²) < 4.78 is 0. The summed E-state index contributed by atoms with van der Waals surface area (Å²) in [5.74, 6) is 0. The predicted octanol–water partition coefficient (Wildman–Crippen LogP) is 6.23. The number of hydrogen-bond donors (Lipinski definition) is 0. The van der Waals surface area contributed by atoms with Gasteiger partial charge in [-0.1, -0.05) is 73.3 Å². The van der Waals surface area contributed by atoms with Crippen molar-refractivity contribution in [3.05, 3.63) is 103 Å². The van der Waals surface area contributed by atoms with Gasteiger partial charge < -0.3 is 4.90 Å². The highest BCUT2D eigenvalue weighted by atomic mass is 15.2. The summed E-state index contributed by atoms with van der Waals surface area (Å²) in [5, 5.41) is 0. The van der Waals surface area contributed by atoms with Gasteiger partial charge in [0.2, 0.25) is 0 Å². The zero-order valence-corrected chi connectivity index (χ0v) is 13.4. The minimum absolute atomic E-state index is 0.203. The molecule has 0 spiro atoms. The van der Waals surface area contributed by atoms with Gasteiger partial charge in [0, 0.05) is 11.4 Å². The Morgan fingerprint density at radius 2 is 1.22 bits per heavy atom. The van der Waals surface area contributed by atoms with Crippen molar-refractivity contribution in [1.82, 2.24) is 0 Å². The van der Waals surface area contributed by atoms with E-state index in [1.54, 1.807) is 0 Å². The molecule has 23 heavy (non-hydrogen) atoms. The average molecular weight is 299 g/mol. The van der Waals surface area contributed by atoms with E-state index >= 15 is 0 Å². The molecule has 0 fully saturated rings. The van der Waals surface area contributed by atoms with Crippen LogP contribution in [-0.4, -0.2) is 0 Å². The Kier molecular flexibility index (Phi) is 4.58. The largest absolute Gasteiger partial charge is 0.334 e. The fourth-order valence-corrected chi connectivity index (χ4v) is 2.99. The maximum atomic E-state index is 3.96. The fourth-order valence-electron chi connectivity index (χ4n) is 2.99. The number of anilines is 2.